The minimum atomic E-state index is -0.472. The van der Waals surface area contributed by atoms with Crippen LogP contribution in [0.25, 0.3) is 0 Å². The van der Waals surface area contributed by atoms with Crippen LogP contribution in [0.2, 0.25) is 0 Å². The van der Waals surface area contributed by atoms with Gasteiger partial charge in [-0.15, -0.1) is 0 Å². The Morgan fingerprint density at radius 2 is 1.79 bits per heavy atom. The number of hydrogen-bond donors (Lipinski definition) is 0. The van der Waals surface area contributed by atoms with Crippen LogP contribution < -0.4 is 0 Å². The minimum Gasteiger partial charge on any atom is -0.462 e. The molecule has 140 valence electrons. The van der Waals surface area contributed by atoms with Crippen LogP contribution in [0.3, 0.4) is 0 Å². The first-order valence-corrected chi connectivity index (χ1v) is 9.55. The van der Waals surface area contributed by atoms with Gasteiger partial charge in [0.25, 0.3) is 0 Å². The molecule has 0 amide bonds. The predicted molar refractivity (Wildman–Crippen MR) is 94.6 cm³/mol. The van der Waals surface area contributed by atoms with Crippen LogP contribution in [0.5, 0.6) is 0 Å². The number of rotatable bonds is 5. The average molecular weight is 341 g/mol. The van der Waals surface area contributed by atoms with Crippen molar-refractivity contribution < 1.29 is 19.0 Å². The van der Waals surface area contributed by atoms with E-state index < -0.39 is 11.2 Å². The molecule has 0 radical (unpaired) electrons. The molecule has 2 aliphatic rings. The van der Waals surface area contributed by atoms with Crippen molar-refractivity contribution >= 4 is 5.97 Å². The fourth-order valence-electron chi connectivity index (χ4n) is 4.00. The van der Waals surface area contributed by atoms with E-state index in [1.54, 1.807) is 0 Å². The van der Waals surface area contributed by atoms with E-state index in [1.165, 1.54) is 6.42 Å². The second-order valence-corrected chi connectivity index (χ2v) is 9.43. The average Bonchev–Trinajstić information content (AvgIpc) is 2.86. The van der Waals surface area contributed by atoms with Gasteiger partial charge in [0.05, 0.1) is 12.0 Å². The van der Waals surface area contributed by atoms with Crippen LogP contribution >= 0.6 is 0 Å². The molecule has 1 heterocycles. The Morgan fingerprint density at radius 1 is 1.17 bits per heavy atom. The maximum absolute atomic E-state index is 12.8. The molecule has 0 bridgehead atoms. The van der Waals surface area contributed by atoms with Gasteiger partial charge < -0.3 is 14.2 Å². The molecule has 0 N–H and O–H groups in total. The first-order chi connectivity index (χ1) is 11.1. The highest BCUT2D eigenvalue weighted by atomic mass is 16.8. The highest BCUT2D eigenvalue weighted by Gasteiger charge is 2.44. The van der Waals surface area contributed by atoms with Crippen LogP contribution in [0.4, 0.5) is 0 Å². The van der Waals surface area contributed by atoms with Gasteiger partial charge in [-0.3, -0.25) is 4.79 Å². The summed E-state index contributed by atoms with van der Waals surface area (Å²) < 4.78 is 17.7. The van der Waals surface area contributed by atoms with Crippen molar-refractivity contribution in [2.75, 3.05) is 13.2 Å². The predicted octanol–water partition coefficient (Wildman–Crippen LogP) is 4.70. The van der Waals surface area contributed by atoms with Crippen LogP contribution in [-0.2, 0) is 19.0 Å². The summed E-state index contributed by atoms with van der Waals surface area (Å²) in [6.45, 7) is 13.6. The first kappa shape index (κ1) is 19.7. The molecule has 2 fully saturated rings. The van der Waals surface area contributed by atoms with E-state index in [9.17, 15) is 4.79 Å². The molecule has 1 aliphatic heterocycles. The lowest BCUT2D eigenvalue weighted by atomic mass is 9.69. The second kappa shape index (κ2) is 7.33. The molecule has 2 unspecified atom stereocenters. The molecule has 2 atom stereocenters. The van der Waals surface area contributed by atoms with Gasteiger partial charge in [-0.1, -0.05) is 41.0 Å². The van der Waals surface area contributed by atoms with E-state index in [2.05, 4.69) is 34.6 Å². The SMILES string of the molecule is CC(C)C(C)(CC(C)(C)C)C(=O)OCC1COC2(CCCCC2)O1. The van der Waals surface area contributed by atoms with Crippen LogP contribution in [-0.4, -0.2) is 31.1 Å². The lowest BCUT2D eigenvalue weighted by Gasteiger charge is -2.37. The third kappa shape index (κ3) is 4.72. The maximum Gasteiger partial charge on any atom is 0.312 e. The van der Waals surface area contributed by atoms with Gasteiger partial charge in [-0.05, 0) is 37.5 Å². The van der Waals surface area contributed by atoms with Crippen LogP contribution in [0, 0.1) is 16.7 Å². The topological polar surface area (TPSA) is 44.8 Å². The Balaban J connectivity index is 1.89. The van der Waals surface area contributed by atoms with E-state index in [4.69, 9.17) is 14.2 Å². The molecule has 0 aromatic heterocycles. The maximum atomic E-state index is 12.8. The second-order valence-electron chi connectivity index (χ2n) is 9.43. The molecule has 1 saturated heterocycles. The van der Waals surface area contributed by atoms with Crippen LogP contribution in [0.15, 0.2) is 0 Å². The molecule has 1 spiro atoms. The summed E-state index contributed by atoms with van der Waals surface area (Å²) in [7, 11) is 0. The normalized spacial score (nSPS) is 26.5. The molecule has 24 heavy (non-hydrogen) atoms. The first-order valence-electron chi connectivity index (χ1n) is 9.55. The summed E-state index contributed by atoms with van der Waals surface area (Å²) in [6.07, 6.45) is 6.18. The number of carbonyl (C=O) groups excluding carboxylic acids is 1. The molecule has 0 aromatic carbocycles. The Bertz CT molecular complexity index is 431. The highest BCUT2D eigenvalue weighted by Crippen LogP contribution is 2.41. The van der Waals surface area contributed by atoms with Gasteiger partial charge in [0.15, 0.2) is 5.79 Å². The Morgan fingerprint density at radius 3 is 2.33 bits per heavy atom. The number of carbonyl (C=O) groups is 1. The zero-order chi connectivity index (χ0) is 18.0. The fraction of sp³-hybridized carbons (Fsp3) is 0.950. The zero-order valence-electron chi connectivity index (χ0n) is 16.4. The quantitative estimate of drug-likeness (QED) is 0.680. The van der Waals surface area contributed by atoms with Crippen molar-refractivity contribution in [1.29, 1.82) is 0 Å². The monoisotopic (exact) mass is 340 g/mol. The summed E-state index contributed by atoms with van der Waals surface area (Å²) in [5.74, 6) is -0.280. The fourth-order valence-corrected chi connectivity index (χ4v) is 4.00. The molecular weight excluding hydrogens is 304 g/mol. The summed E-state index contributed by atoms with van der Waals surface area (Å²) in [5, 5.41) is 0. The number of esters is 1. The van der Waals surface area contributed by atoms with Gasteiger partial charge in [0, 0.05) is 12.8 Å². The van der Waals surface area contributed by atoms with Crippen molar-refractivity contribution in [3.63, 3.8) is 0 Å². The molecule has 1 aliphatic carbocycles. The van der Waals surface area contributed by atoms with Gasteiger partial charge in [-0.25, -0.2) is 0 Å². The smallest absolute Gasteiger partial charge is 0.312 e. The standard InChI is InChI=1S/C20H36O4/c1-15(2)19(6,14-18(3,4)5)17(21)22-12-16-13-23-20(24-16)10-8-7-9-11-20/h15-16H,7-14H2,1-6H3. The van der Waals surface area contributed by atoms with E-state index >= 15 is 0 Å². The lowest BCUT2D eigenvalue weighted by molar-refractivity contribution is -0.194. The molecule has 1 saturated carbocycles. The summed E-state index contributed by atoms with van der Waals surface area (Å²) in [6, 6.07) is 0. The van der Waals surface area contributed by atoms with Crippen molar-refractivity contribution in [2.45, 2.75) is 92.0 Å². The molecular formula is C20H36O4. The van der Waals surface area contributed by atoms with Gasteiger partial charge in [0.1, 0.15) is 12.7 Å². The third-order valence-electron chi connectivity index (χ3n) is 5.57. The zero-order valence-corrected chi connectivity index (χ0v) is 16.4. The number of hydrogen-bond acceptors (Lipinski definition) is 4. The molecule has 4 nitrogen and oxygen atoms in total. The Labute approximate surface area is 147 Å². The van der Waals surface area contributed by atoms with Gasteiger partial charge in [0.2, 0.25) is 0 Å². The van der Waals surface area contributed by atoms with Crippen molar-refractivity contribution in [3.05, 3.63) is 0 Å². The molecule has 2 rings (SSSR count). The molecule has 0 aromatic rings. The minimum absolute atomic E-state index is 0.0805. The summed E-state index contributed by atoms with van der Waals surface area (Å²) >= 11 is 0. The molecule has 4 heteroatoms. The van der Waals surface area contributed by atoms with E-state index in [1.807, 2.05) is 6.92 Å². The van der Waals surface area contributed by atoms with Gasteiger partial charge in [-0.2, -0.15) is 0 Å². The van der Waals surface area contributed by atoms with Gasteiger partial charge >= 0.3 is 5.97 Å². The Hall–Kier alpha value is -0.610. The van der Waals surface area contributed by atoms with Crippen molar-refractivity contribution in [1.82, 2.24) is 0 Å². The van der Waals surface area contributed by atoms with E-state index in [0.717, 1.165) is 32.1 Å². The van der Waals surface area contributed by atoms with Crippen molar-refractivity contribution in [3.8, 4) is 0 Å². The van der Waals surface area contributed by atoms with Crippen LogP contribution in [0.1, 0.15) is 80.1 Å². The Kier molecular flexibility index (Phi) is 6.02. The summed E-state index contributed by atoms with van der Waals surface area (Å²) in [4.78, 5) is 12.8. The van der Waals surface area contributed by atoms with Crippen molar-refractivity contribution in [2.24, 2.45) is 16.7 Å². The number of ether oxygens (including phenoxy) is 3. The largest absolute Gasteiger partial charge is 0.462 e. The van der Waals surface area contributed by atoms with E-state index in [0.29, 0.717) is 13.2 Å². The van der Waals surface area contributed by atoms with E-state index in [-0.39, 0.29) is 23.4 Å². The third-order valence-corrected chi connectivity index (χ3v) is 5.57. The summed E-state index contributed by atoms with van der Waals surface area (Å²) in [5.41, 5.74) is -0.391. The highest BCUT2D eigenvalue weighted by molar-refractivity contribution is 5.76. The lowest BCUT2D eigenvalue weighted by Crippen LogP contribution is -2.40.